The molecular weight excluding hydrogens is 800 g/mol. The third-order valence-corrected chi connectivity index (χ3v) is 8.73. The molecule has 19 heteroatoms. The second-order valence-electron chi connectivity index (χ2n) is 12.9. The second-order valence-corrected chi connectivity index (χ2v) is 12.9. The van der Waals surface area contributed by atoms with E-state index >= 15 is 0 Å². The number of halogens is 6. The molecule has 13 nitrogen and oxygen atoms in total. The van der Waals surface area contributed by atoms with Gasteiger partial charge in [0.05, 0.1) is 27.7 Å². The van der Waals surface area contributed by atoms with Crippen LogP contribution >= 0.6 is 0 Å². The predicted octanol–water partition coefficient (Wildman–Crippen LogP) is 7.17. The number of hydrogen-bond donors (Lipinski definition) is 2. The Morgan fingerprint density at radius 1 is 0.667 bits per heavy atom. The van der Waals surface area contributed by atoms with Crippen LogP contribution in [-0.4, -0.2) is 72.0 Å². The zero-order valence-electron chi connectivity index (χ0n) is 30.8. The number of rotatable bonds is 7. The number of alkyl halides is 6. The lowest BCUT2D eigenvalue weighted by atomic mass is 10.0. The number of amides is 3. The van der Waals surface area contributed by atoms with Crippen molar-refractivity contribution in [3.63, 3.8) is 0 Å². The number of non-ortho nitro benzene ring substituents is 1. The number of nitro groups is 1. The Hall–Kier alpha value is -7.41. The molecule has 2 atom stereocenters. The number of nitrogens with zero attached hydrogens (tertiary/aromatic N) is 5. The smallest absolute Gasteiger partial charge is 0.410 e. The summed E-state index contributed by atoms with van der Waals surface area (Å²) in [5, 5.41) is 13.0. The number of ether oxygens (including phenoxy) is 1. The zero-order chi connectivity index (χ0) is 43.2. The van der Waals surface area contributed by atoms with Gasteiger partial charge in [0.15, 0.2) is 6.17 Å². The summed E-state index contributed by atoms with van der Waals surface area (Å²) in [6.45, 7) is -3.01. The summed E-state index contributed by atoms with van der Waals surface area (Å²) in [6, 6.07) is 34.3. The van der Waals surface area contributed by atoms with Gasteiger partial charge in [0, 0.05) is 34.4 Å². The van der Waals surface area contributed by atoms with Crippen molar-refractivity contribution in [2.45, 2.75) is 24.7 Å². The molecule has 5 aromatic carbocycles. The molecule has 2 heterocycles. The molecule has 0 radical (unpaired) electrons. The first-order valence-electron chi connectivity index (χ1n) is 17.7. The van der Waals surface area contributed by atoms with Crippen LogP contribution in [0.25, 0.3) is 0 Å². The van der Waals surface area contributed by atoms with Crippen LogP contribution in [0.3, 0.4) is 0 Å². The summed E-state index contributed by atoms with van der Waals surface area (Å²) in [5.74, 6) is -2.08. The van der Waals surface area contributed by atoms with Crippen molar-refractivity contribution in [1.82, 2.24) is 5.32 Å². The Morgan fingerprint density at radius 2 is 1.10 bits per heavy atom. The minimum atomic E-state index is -4.73. The quantitative estimate of drug-likeness (QED) is 0.0994. The van der Waals surface area contributed by atoms with Gasteiger partial charge in [0.2, 0.25) is 6.17 Å². The first-order valence-corrected chi connectivity index (χ1v) is 17.7. The second kappa shape index (κ2) is 17.6. The maximum atomic E-state index is 13.4. The van der Waals surface area contributed by atoms with E-state index in [4.69, 9.17) is 10.5 Å². The Labute approximate surface area is 336 Å². The lowest BCUT2D eigenvalue weighted by molar-refractivity contribution is -0.384. The van der Waals surface area contributed by atoms with Crippen molar-refractivity contribution in [3.8, 4) is 5.75 Å². The fourth-order valence-electron chi connectivity index (χ4n) is 6.20. The Balaban J connectivity index is 0.000000218. The van der Waals surface area contributed by atoms with Crippen LogP contribution in [0.4, 0.5) is 48.2 Å². The molecule has 0 fully saturated rings. The van der Waals surface area contributed by atoms with Crippen molar-refractivity contribution < 1.29 is 50.4 Å². The summed E-state index contributed by atoms with van der Waals surface area (Å²) in [7, 11) is 0. The first-order chi connectivity index (χ1) is 28.5. The molecule has 0 unspecified atom stereocenters. The van der Waals surface area contributed by atoms with Gasteiger partial charge >= 0.3 is 18.4 Å². The highest BCUT2D eigenvalue weighted by molar-refractivity contribution is 6.21. The minimum Gasteiger partial charge on any atom is -0.410 e. The molecule has 0 aromatic heterocycles. The number of carbonyl (C=O) groups excluding carboxylic acids is 3. The summed E-state index contributed by atoms with van der Waals surface area (Å²) in [4.78, 5) is 58.0. The molecule has 0 spiro atoms. The zero-order valence-corrected chi connectivity index (χ0v) is 30.8. The molecular formula is C41H31F6N7O6. The lowest BCUT2D eigenvalue weighted by Crippen LogP contribution is -2.50. The van der Waals surface area contributed by atoms with E-state index in [-0.39, 0.29) is 34.1 Å². The Bertz CT molecular complexity index is 2450. The first kappa shape index (κ1) is 42.2. The molecule has 308 valence electrons. The molecule has 7 rings (SSSR count). The average molecular weight is 832 g/mol. The van der Waals surface area contributed by atoms with Crippen LogP contribution in [0.5, 0.6) is 5.75 Å². The number of anilines is 2. The van der Waals surface area contributed by atoms with Crippen molar-refractivity contribution >= 4 is 46.4 Å². The molecule has 0 aliphatic carbocycles. The van der Waals surface area contributed by atoms with Crippen LogP contribution in [0.15, 0.2) is 143 Å². The molecule has 5 aromatic rings. The highest BCUT2D eigenvalue weighted by atomic mass is 19.4. The van der Waals surface area contributed by atoms with Gasteiger partial charge in [-0.25, -0.2) is 9.79 Å². The summed E-state index contributed by atoms with van der Waals surface area (Å²) in [5.41, 5.74) is 8.15. The molecule has 3 N–H and O–H groups in total. The summed E-state index contributed by atoms with van der Waals surface area (Å²) in [6.07, 6.45) is -13.6. The number of benzene rings is 5. The third-order valence-electron chi connectivity index (χ3n) is 8.73. The van der Waals surface area contributed by atoms with E-state index in [0.29, 0.717) is 32.2 Å². The fourth-order valence-corrected chi connectivity index (χ4v) is 6.20. The van der Waals surface area contributed by atoms with Gasteiger partial charge in [-0.15, -0.1) is 0 Å². The number of para-hydroxylation sites is 2. The molecule has 60 heavy (non-hydrogen) atoms. The number of benzodiazepines with no additional fused rings is 2. The van der Waals surface area contributed by atoms with E-state index in [1.165, 1.54) is 24.3 Å². The van der Waals surface area contributed by atoms with Crippen molar-refractivity contribution in [2.75, 3.05) is 22.9 Å². The minimum absolute atomic E-state index is 0.0181. The monoisotopic (exact) mass is 831 g/mol. The van der Waals surface area contributed by atoms with Crippen molar-refractivity contribution in [1.29, 1.82) is 0 Å². The Kier molecular flexibility index (Phi) is 12.4. The van der Waals surface area contributed by atoms with E-state index in [1.54, 1.807) is 78.9 Å². The topological polar surface area (TPSA) is 173 Å². The molecule has 2 aliphatic rings. The van der Waals surface area contributed by atoms with E-state index in [9.17, 15) is 50.8 Å². The van der Waals surface area contributed by atoms with Gasteiger partial charge in [-0.3, -0.25) is 39.8 Å². The molecule has 0 saturated heterocycles. The van der Waals surface area contributed by atoms with Crippen LogP contribution < -0.4 is 25.6 Å². The van der Waals surface area contributed by atoms with Gasteiger partial charge in [-0.05, 0) is 24.3 Å². The number of nitrogens with one attached hydrogen (secondary N) is 1. The van der Waals surface area contributed by atoms with Gasteiger partial charge in [0.25, 0.3) is 17.5 Å². The Morgan fingerprint density at radius 3 is 1.57 bits per heavy atom. The third kappa shape index (κ3) is 10.2. The highest BCUT2D eigenvalue weighted by Gasteiger charge is 2.41. The van der Waals surface area contributed by atoms with Gasteiger partial charge in [0.1, 0.15) is 18.8 Å². The average Bonchev–Trinajstić information content (AvgIpc) is 3.39. The van der Waals surface area contributed by atoms with Crippen molar-refractivity contribution in [3.05, 3.63) is 166 Å². The van der Waals surface area contributed by atoms with Crippen LogP contribution in [-0.2, 0) is 9.59 Å². The summed E-state index contributed by atoms with van der Waals surface area (Å²) >= 11 is 0. The maximum Gasteiger partial charge on any atom is 0.414 e. The predicted molar refractivity (Wildman–Crippen MR) is 208 cm³/mol. The number of aliphatic imine (C=N–C) groups is 2. The molecule has 0 bridgehead atoms. The highest BCUT2D eigenvalue weighted by Crippen LogP contribution is 2.32. The van der Waals surface area contributed by atoms with E-state index < -0.39 is 60.6 Å². The van der Waals surface area contributed by atoms with Crippen molar-refractivity contribution in [2.24, 2.45) is 15.7 Å². The van der Waals surface area contributed by atoms with Crippen LogP contribution in [0, 0.1) is 10.1 Å². The fraction of sp³-hybridized carbons (Fsp3) is 0.146. The van der Waals surface area contributed by atoms with Crippen LogP contribution in [0.2, 0.25) is 0 Å². The molecule has 3 amide bonds. The molecule has 2 aliphatic heterocycles. The van der Waals surface area contributed by atoms with E-state index in [1.807, 2.05) is 6.07 Å². The number of fused-ring (bicyclic) bond motifs is 2. The number of nitro benzene ring substituents is 1. The lowest BCUT2D eigenvalue weighted by Gasteiger charge is -2.26. The maximum absolute atomic E-state index is 13.4. The number of hydrogen-bond acceptors (Lipinski definition) is 9. The van der Waals surface area contributed by atoms with Gasteiger partial charge in [-0.2, -0.15) is 26.3 Å². The SMILES string of the molecule is N[C@@H]1N=C(c2ccccc2)c2ccccc2N(CC(F)(F)F)C1=O.O=C(N[C@@H]1N=C(c2ccccc2)c2ccccc2N(CC(F)(F)F)C1=O)Oc1ccc([N+](=O)[O-])cc1. The van der Waals surface area contributed by atoms with Crippen LogP contribution in [0.1, 0.15) is 22.3 Å². The van der Waals surface area contributed by atoms with E-state index in [0.717, 1.165) is 24.3 Å². The molecule has 0 saturated carbocycles. The standard InChI is InChI=1S/C24H17F3N4O5.C17H14F3N3O/c25-24(26,27)14-30-19-9-5-4-8-18(19)20(15-6-2-1-3-7-15)28-21(22(30)32)29-23(33)36-17-12-10-16(11-13-17)31(34)35;18-17(19,20)10-23-13-9-5-4-8-12(13)14(22-15(21)16(23)24)11-6-2-1-3-7-11/h1-13,21H,14H2,(H,29,33);1-9,15H,10,21H2/t21-;15-/m01/s1. The van der Waals surface area contributed by atoms with E-state index in [2.05, 4.69) is 15.3 Å². The van der Waals surface area contributed by atoms with Gasteiger partial charge < -0.3 is 10.5 Å². The van der Waals surface area contributed by atoms with Gasteiger partial charge in [-0.1, -0.05) is 97.1 Å². The number of carbonyl (C=O) groups is 3. The number of nitrogens with two attached hydrogens (primary N) is 1. The largest absolute Gasteiger partial charge is 0.414 e. The normalized spacial score (nSPS) is 16.4. The summed E-state index contributed by atoms with van der Waals surface area (Å²) < 4.78 is 84.1.